The number of fused-ring (bicyclic) bond motifs is 2. The van der Waals surface area contributed by atoms with Crippen molar-refractivity contribution in [1.29, 1.82) is 0 Å². The van der Waals surface area contributed by atoms with Gasteiger partial charge in [-0.2, -0.15) is 4.39 Å². The largest absolute Gasteiger partial charge is 0.450 e. The van der Waals surface area contributed by atoms with E-state index in [1.807, 2.05) is 19.1 Å². The van der Waals surface area contributed by atoms with E-state index in [0.717, 1.165) is 43.9 Å². The Hall–Kier alpha value is -2.23. The molecule has 0 bridgehead atoms. The summed E-state index contributed by atoms with van der Waals surface area (Å²) in [5.74, 6) is 0.0220. The number of ether oxygens (including phenoxy) is 1. The van der Waals surface area contributed by atoms with Crippen LogP contribution in [-0.4, -0.2) is 0 Å². The summed E-state index contributed by atoms with van der Waals surface area (Å²) in [4.78, 5) is 0. The lowest BCUT2D eigenvalue weighted by molar-refractivity contribution is 0.292. The van der Waals surface area contributed by atoms with Crippen LogP contribution in [0.4, 0.5) is 13.2 Å². The highest BCUT2D eigenvalue weighted by atomic mass is 19.2. The van der Waals surface area contributed by atoms with Crippen LogP contribution < -0.4 is 4.74 Å². The number of hydrogen-bond donors (Lipinski definition) is 0. The van der Waals surface area contributed by atoms with Crippen molar-refractivity contribution < 1.29 is 17.9 Å². The van der Waals surface area contributed by atoms with Gasteiger partial charge in [-0.3, -0.25) is 0 Å². The van der Waals surface area contributed by atoms with Gasteiger partial charge in [0.05, 0.1) is 0 Å². The molecule has 2 aliphatic carbocycles. The van der Waals surface area contributed by atoms with E-state index >= 15 is 4.39 Å². The van der Waals surface area contributed by atoms with E-state index in [4.69, 9.17) is 4.74 Å². The van der Waals surface area contributed by atoms with Crippen molar-refractivity contribution in [1.82, 2.24) is 0 Å². The fourth-order valence-electron chi connectivity index (χ4n) is 6.91. The molecule has 0 amide bonds. The molecule has 1 nitrogen and oxygen atoms in total. The van der Waals surface area contributed by atoms with Crippen LogP contribution in [0.5, 0.6) is 11.5 Å². The van der Waals surface area contributed by atoms with E-state index in [1.54, 1.807) is 6.07 Å². The van der Waals surface area contributed by atoms with Crippen LogP contribution >= 0.6 is 0 Å². The second kappa shape index (κ2) is 11.7. The molecule has 0 radical (unpaired) electrons. The summed E-state index contributed by atoms with van der Waals surface area (Å²) in [6.07, 6.45) is 18.5. The minimum Gasteiger partial charge on any atom is -0.450 e. The molecule has 4 heteroatoms. The highest BCUT2D eigenvalue weighted by Crippen LogP contribution is 2.45. The van der Waals surface area contributed by atoms with Gasteiger partial charge in [-0.25, -0.2) is 8.78 Å². The van der Waals surface area contributed by atoms with Gasteiger partial charge in [0.2, 0.25) is 5.82 Å². The summed E-state index contributed by atoms with van der Waals surface area (Å²) in [5, 5.41) is 0. The van der Waals surface area contributed by atoms with Crippen LogP contribution in [0.3, 0.4) is 0 Å². The third-order valence-electron chi connectivity index (χ3n) is 9.08. The molecule has 2 saturated carbocycles. The number of allylic oxidation sites excluding steroid dienone is 2. The molecule has 0 saturated heterocycles. The maximum Gasteiger partial charge on any atom is 0.201 e. The topological polar surface area (TPSA) is 9.23 Å². The fraction of sp³-hybridized carbons (Fsp3) is 0.576. The third kappa shape index (κ3) is 5.64. The van der Waals surface area contributed by atoms with Crippen LogP contribution in [0.15, 0.2) is 30.4 Å². The quantitative estimate of drug-likeness (QED) is 0.287. The van der Waals surface area contributed by atoms with Crippen molar-refractivity contribution in [2.24, 2.45) is 17.8 Å². The Bertz CT molecular complexity index is 1120. The maximum absolute atomic E-state index is 15.7. The van der Waals surface area contributed by atoms with E-state index in [0.29, 0.717) is 41.0 Å². The molecule has 1 aliphatic heterocycles. The fourth-order valence-corrected chi connectivity index (χ4v) is 6.91. The predicted octanol–water partition coefficient (Wildman–Crippen LogP) is 10.2. The number of hydrogen-bond acceptors (Lipinski definition) is 1. The monoisotopic (exact) mass is 510 g/mol. The Morgan fingerprint density at radius 3 is 2.05 bits per heavy atom. The van der Waals surface area contributed by atoms with Crippen LogP contribution in [-0.2, 0) is 12.8 Å². The van der Waals surface area contributed by atoms with Crippen LogP contribution in [0.2, 0.25) is 0 Å². The Morgan fingerprint density at radius 1 is 0.757 bits per heavy atom. The molecule has 3 aliphatic rings. The summed E-state index contributed by atoms with van der Waals surface area (Å²) in [6.45, 7) is 4.22. The molecule has 200 valence electrons. The third-order valence-corrected chi connectivity index (χ3v) is 9.08. The van der Waals surface area contributed by atoms with Gasteiger partial charge in [0.15, 0.2) is 23.1 Å². The summed E-state index contributed by atoms with van der Waals surface area (Å²) < 4.78 is 50.8. The van der Waals surface area contributed by atoms with Crippen molar-refractivity contribution in [3.63, 3.8) is 0 Å². The van der Waals surface area contributed by atoms with Gasteiger partial charge in [-0.15, -0.1) is 0 Å². The van der Waals surface area contributed by atoms with Crippen LogP contribution in [0.25, 0.3) is 0 Å². The van der Waals surface area contributed by atoms with Gasteiger partial charge in [0, 0.05) is 17.5 Å². The normalized spacial score (nSPS) is 25.5. The number of benzene rings is 2. The maximum atomic E-state index is 15.7. The lowest BCUT2D eigenvalue weighted by atomic mass is 9.76. The molecule has 0 spiro atoms. The minimum atomic E-state index is -0.998. The van der Waals surface area contributed by atoms with E-state index in [2.05, 4.69) is 19.1 Å². The summed E-state index contributed by atoms with van der Waals surface area (Å²) >= 11 is 0. The van der Waals surface area contributed by atoms with Crippen molar-refractivity contribution in [3.8, 4) is 11.5 Å². The zero-order valence-corrected chi connectivity index (χ0v) is 22.4. The average molecular weight is 511 g/mol. The molecule has 2 fully saturated rings. The van der Waals surface area contributed by atoms with Crippen LogP contribution in [0.1, 0.15) is 113 Å². The molecule has 0 atom stereocenters. The van der Waals surface area contributed by atoms with E-state index < -0.39 is 17.5 Å². The first-order chi connectivity index (χ1) is 18.0. The zero-order valence-electron chi connectivity index (χ0n) is 22.4. The molecule has 37 heavy (non-hydrogen) atoms. The van der Waals surface area contributed by atoms with E-state index in [9.17, 15) is 8.78 Å². The van der Waals surface area contributed by atoms with Crippen molar-refractivity contribution in [2.75, 3.05) is 0 Å². The Kier molecular flexibility index (Phi) is 8.31. The first-order valence-electron chi connectivity index (χ1n) is 14.7. The second-order valence-electron chi connectivity index (χ2n) is 11.7. The van der Waals surface area contributed by atoms with Gasteiger partial charge >= 0.3 is 0 Å². The lowest BCUT2D eigenvalue weighted by Gasteiger charge is -2.30. The van der Waals surface area contributed by atoms with E-state index in [1.165, 1.54) is 38.5 Å². The molecular weight excluding hydrogens is 469 g/mol. The molecule has 2 aromatic rings. The van der Waals surface area contributed by atoms with Gasteiger partial charge in [0.25, 0.3) is 0 Å². The van der Waals surface area contributed by atoms with Crippen molar-refractivity contribution in [3.05, 3.63) is 70.1 Å². The molecule has 5 rings (SSSR count). The standard InChI is InChI=1S/C33H41F3O/c1-3-5-21-7-9-22(10-8-21)11-12-23-13-15-24(16-14-23)28-18-17-26-20-27-19-25(6-4-2)29(34)31(36)33(27)37-32(26)30(28)35/h11-12,17-19,21-24H,3-10,13-16,20H2,1-2H3/b12-11+. The first-order valence-corrected chi connectivity index (χ1v) is 14.7. The van der Waals surface area contributed by atoms with Gasteiger partial charge in [0.1, 0.15) is 0 Å². The Labute approximate surface area is 220 Å². The smallest absolute Gasteiger partial charge is 0.201 e. The highest BCUT2D eigenvalue weighted by molar-refractivity contribution is 5.54. The molecule has 0 aromatic heterocycles. The van der Waals surface area contributed by atoms with E-state index in [-0.39, 0.29) is 17.4 Å². The zero-order chi connectivity index (χ0) is 25.9. The number of rotatable bonds is 7. The van der Waals surface area contributed by atoms with Crippen LogP contribution in [0, 0.1) is 35.2 Å². The minimum absolute atomic E-state index is 0.0761. The van der Waals surface area contributed by atoms with Crippen molar-refractivity contribution >= 4 is 0 Å². The first kappa shape index (κ1) is 26.4. The average Bonchev–Trinajstić information content (AvgIpc) is 2.91. The highest BCUT2D eigenvalue weighted by Gasteiger charge is 2.31. The number of halogens is 3. The molecule has 2 aromatic carbocycles. The molecular formula is C33H41F3O. The summed E-state index contributed by atoms with van der Waals surface area (Å²) in [7, 11) is 0. The molecule has 1 heterocycles. The lowest BCUT2D eigenvalue weighted by Crippen LogP contribution is -2.16. The SMILES string of the molecule is CCCc1cc2c(c(F)c1F)Oc1c(ccc(C3CCC(/C=C/C4CCC(CCC)CC4)CC3)c1F)C2. The number of aryl methyl sites for hydroxylation is 1. The van der Waals surface area contributed by atoms with Crippen molar-refractivity contribution in [2.45, 2.75) is 103 Å². The van der Waals surface area contributed by atoms with Gasteiger partial charge in [-0.1, -0.05) is 57.4 Å². The molecule has 0 N–H and O–H groups in total. The predicted molar refractivity (Wildman–Crippen MR) is 144 cm³/mol. The van der Waals surface area contributed by atoms with Gasteiger partial charge in [-0.05, 0) is 98.7 Å². The Balaban J connectivity index is 1.22. The Morgan fingerprint density at radius 2 is 1.41 bits per heavy atom. The summed E-state index contributed by atoms with van der Waals surface area (Å²) in [5.41, 5.74) is 2.31. The second-order valence-corrected chi connectivity index (χ2v) is 11.7. The molecule has 0 unspecified atom stereocenters. The summed E-state index contributed by atoms with van der Waals surface area (Å²) in [6, 6.07) is 5.49. The van der Waals surface area contributed by atoms with Gasteiger partial charge < -0.3 is 4.74 Å².